The number of hydrogen-bond acceptors (Lipinski definition) is 3. The van der Waals surface area contributed by atoms with Crippen molar-refractivity contribution in [2.45, 2.75) is 12.8 Å². The SMILES string of the molecule is CN(C)C(=O)[C@@H]1CCCN(N)C1. The summed E-state index contributed by atoms with van der Waals surface area (Å²) in [5.74, 6) is 5.93. The molecule has 0 saturated carbocycles. The zero-order valence-corrected chi connectivity index (χ0v) is 7.79. The zero-order chi connectivity index (χ0) is 9.14. The first-order valence-corrected chi connectivity index (χ1v) is 4.32. The van der Waals surface area contributed by atoms with Crippen LogP contribution in [-0.4, -0.2) is 43.0 Å². The van der Waals surface area contributed by atoms with Crippen LogP contribution >= 0.6 is 0 Å². The number of rotatable bonds is 1. The van der Waals surface area contributed by atoms with Crippen LogP contribution in [0.5, 0.6) is 0 Å². The van der Waals surface area contributed by atoms with E-state index in [9.17, 15) is 4.79 Å². The van der Waals surface area contributed by atoms with Crippen LogP contribution in [0.15, 0.2) is 0 Å². The second kappa shape index (κ2) is 3.87. The van der Waals surface area contributed by atoms with E-state index >= 15 is 0 Å². The van der Waals surface area contributed by atoms with Gasteiger partial charge in [0.25, 0.3) is 0 Å². The van der Waals surface area contributed by atoms with E-state index in [4.69, 9.17) is 5.84 Å². The zero-order valence-electron chi connectivity index (χ0n) is 7.79. The average molecular weight is 171 g/mol. The van der Waals surface area contributed by atoms with Gasteiger partial charge in [0.2, 0.25) is 5.91 Å². The highest BCUT2D eigenvalue weighted by molar-refractivity contribution is 5.78. The van der Waals surface area contributed by atoms with Crippen molar-refractivity contribution in [1.29, 1.82) is 0 Å². The molecular formula is C8H17N3O. The fraction of sp³-hybridized carbons (Fsp3) is 0.875. The molecule has 70 valence electrons. The highest BCUT2D eigenvalue weighted by atomic mass is 16.2. The van der Waals surface area contributed by atoms with Crippen LogP contribution in [0.1, 0.15) is 12.8 Å². The molecule has 12 heavy (non-hydrogen) atoms. The Kier molecular flexibility index (Phi) is 3.05. The number of piperidine rings is 1. The van der Waals surface area contributed by atoms with E-state index in [0.717, 1.165) is 19.4 Å². The molecular weight excluding hydrogens is 154 g/mol. The van der Waals surface area contributed by atoms with Crippen LogP contribution in [0.2, 0.25) is 0 Å². The fourth-order valence-corrected chi connectivity index (χ4v) is 1.57. The van der Waals surface area contributed by atoms with Crippen molar-refractivity contribution in [1.82, 2.24) is 9.91 Å². The van der Waals surface area contributed by atoms with E-state index in [1.165, 1.54) is 0 Å². The van der Waals surface area contributed by atoms with Crippen LogP contribution in [0, 0.1) is 5.92 Å². The minimum absolute atomic E-state index is 0.110. The van der Waals surface area contributed by atoms with Crippen molar-refractivity contribution in [3.05, 3.63) is 0 Å². The van der Waals surface area contributed by atoms with Gasteiger partial charge in [-0.25, -0.2) is 5.01 Å². The number of hydrazine groups is 1. The summed E-state index contributed by atoms with van der Waals surface area (Å²) in [5, 5.41) is 1.73. The molecule has 1 amide bonds. The number of carbonyl (C=O) groups excluding carboxylic acids is 1. The lowest BCUT2D eigenvalue weighted by Crippen LogP contribution is -2.45. The Morgan fingerprint density at radius 1 is 1.58 bits per heavy atom. The molecule has 1 fully saturated rings. The third kappa shape index (κ3) is 2.19. The smallest absolute Gasteiger partial charge is 0.226 e. The Morgan fingerprint density at radius 2 is 2.25 bits per heavy atom. The first-order chi connectivity index (χ1) is 5.61. The van der Waals surface area contributed by atoms with Crippen molar-refractivity contribution in [2.75, 3.05) is 27.2 Å². The van der Waals surface area contributed by atoms with E-state index in [-0.39, 0.29) is 11.8 Å². The summed E-state index contributed by atoms with van der Waals surface area (Å²) in [7, 11) is 3.58. The highest BCUT2D eigenvalue weighted by Gasteiger charge is 2.25. The van der Waals surface area contributed by atoms with E-state index in [0.29, 0.717) is 6.54 Å². The Labute approximate surface area is 73.3 Å². The predicted octanol–water partition coefficient (Wildman–Crippen LogP) is -0.340. The molecule has 0 bridgehead atoms. The van der Waals surface area contributed by atoms with Gasteiger partial charge in [-0.05, 0) is 12.8 Å². The molecule has 2 N–H and O–H groups in total. The van der Waals surface area contributed by atoms with Gasteiger partial charge in [0, 0.05) is 27.2 Å². The maximum Gasteiger partial charge on any atom is 0.226 e. The third-order valence-corrected chi connectivity index (χ3v) is 2.24. The average Bonchev–Trinajstić information content (AvgIpc) is 2.03. The molecule has 4 nitrogen and oxygen atoms in total. The normalized spacial score (nSPS) is 25.4. The molecule has 0 aliphatic carbocycles. The molecule has 0 aromatic carbocycles. The lowest BCUT2D eigenvalue weighted by atomic mass is 9.98. The minimum Gasteiger partial charge on any atom is -0.349 e. The molecule has 0 aromatic rings. The van der Waals surface area contributed by atoms with Gasteiger partial charge in [-0.15, -0.1) is 0 Å². The summed E-state index contributed by atoms with van der Waals surface area (Å²) in [6, 6.07) is 0. The number of nitrogens with two attached hydrogens (primary N) is 1. The van der Waals surface area contributed by atoms with Crippen LogP contribution in [0.3, 0.4) is 0 Å². The largest absolute Gasteiger partial charge is 0.349 e. The maximum atomic E-state index is 11.5. The quantitative estimate of drug-likeness (QED) is 0.549. The van der Waals surface area contributed by atoms with Crippen LogP contribution in [0.25, 0.3) is 0 Å². The molecule has 1 atom stereocenters. The summed E-state index contributed by atoms with van der Waals surface area (Å²) in [6.45, 7) is 1.62. The summed E-state index contributed by atoms with van der Waals surface area (Å²) < 4.78 is 0. The summed E-state index contributed by atoms with van der Waals surface area (Å²) >= 11 is 0. The number of amides is 1. The van der Waals surface area contributed by atoms with Crippen molar-refractivity contribution >= 4 is 5.91 Å². The maximum absolute atomic E-state index is 11.5. The van der Waals surface area contributed by atoms with E-state index in [2.05, 4.69) is 0 Å². The van der Waals surface area contributed by atoms with Crippen molar-refractivity contribution in [2.24, 2.45) is 11.8 Å². The van der Waals surface area contributed by atoms with Gasteiger partial charge >= 0.3 is 0 Å². The lowest BCUT2D eigenvalue weighted by Gasteiger charge is -2.29. The Balaban J connectivity index is 2.46. The summed E-state index contributed by atoms with van der Waals surface area (Å²) in [4.78, 5) is 13.1. The van der Waals surface area contributed by atoms with E-state index in [1.807, 2.05) is 0 Å². The molecule has 4 heteroatoms. The Morgan fingerprint density at radius 3 is 2.75 bits per heavy atom. The topological polar surface area (TPSA) is 49.6 Å². The molecule has 1 rings (SSSR count). The standard InChI is InChI=1S/C8H17N3O/c1-10(2)8(12)7-4-3-5-11(9)6-7/h7H,3-6,9H2,1-2H3/t7-/m1/s1. The molecule has 1 aliphatic rings. The molecule has 0 unspecified atom stereocenters. The number of hydrogen-bond donors (Lipinski definition) is 1. The molecule has 0 radical (unpaired) electrons. The third-order valence-electron chi connectivity index (χ3n) is 2.24. The Bertz CT molecular complexity index is 170. The highest BCUT2D eigenvalue weighted by Crippen LogP contribution is 2.15. The van der Waals surface area contributed by atoms with Gasteiger partial charge in [0.15, 0.2) is 0 Å². The molecule has 0 spiro atoms. The predicted molar refractivity (Wildman–Crippen MR) is 47.2 cm³/mol. The van der Waals surface area contributed by atoms with Crippen molar-refractivity contribution in [3.8, 4) is 0 Å². The molecule has 1 saturated heterocycles. The van der Waals surface area contributed by atoms with E-state index < -0.39 is 0 Å². The van der Waals surface area contributed by atoms with Gasteiger partial charge in [0.05, 0.1) is 5.92 Å². The van der Waals surface area contributed by atoms with Crippen LogP contribution in [0.4, 0.5) is 0 Å². The van der Waals surface area contributed by atoms with Crippen LogP contribution < -0.4 is 5.84 Å². The van der Waals surface area contributed by atoms with Gasteiger partial charge in [-0.3, -0.25) is 10.6 Å². The van der Waals surface area contributed by atoms with Gasteiger partial charge in [-0.2, -0.15) is 0 Å². The number of nitrogens with zero attached hydrogens (tertiary/aromatic N) is 2. The van der Waals surface area contributed by atoms with Gasteiger partial charge in [-0.1, -0.05) is 0 Å². The Hall–Kier alpha value is -0.610. The van der Waals surface area contributed by atoms with Crippen molar-refractivity contribution < 1.29 is 4.79 Å². The first-order valence-electron chi connectivity index (χ1n) is 4.32. The second-order valence-electron chi connectivity index (χ2n) is 3.57. The van der Waals surface area contributed by atoms with Crippen LogP contribution in [-0.2, 0) is 4.79 Å². The summed E-state index contributed by atoms with van der Waals surface area (Å²) in [5.41, 5.74) is 0. The lowest BCUT2D eigenvalue weighted by molar-refractivity contribution is -0.134. The minimum atomic E-state index is 0.110. The second-order valence-corrected chi connectivity index (χ2v) is 3.57. The first kappa shape index (κ1) is 9.48. The number of carbonyl (C=O) groups is 1. The molecule has 1 aliphatic heterocycles. The van der Waals surface area contributed by atoms with Gasteiger partial charge < -0.3 is 4.90 Å². The summed E-state index contributed by atoms with van der Waals surface area (Å²) in [6.07, 6.45) is 2.01. The van der Waals surface area contributed by atoms with Gasteiger partial charge in [0.1, 0.15) is 0 Å². The van der Waals surface area contributed by atoms with E-state index in [1.54, 1.807) is 24.0 Å². The molecule has 1 heterocycles. The van der Waals surface area contributed by atoms with Crippen molar-refractivity contribution in [3.63, 3.8) is 0 Å². The molecule has 0 aromatic heterocycles. The fourth-order valence-electron chi connectivity index (χ4n) is 1.57. The monoisotopic (exact) mass is 171 g/mol.